The van der Waals surface area contributed by atoms with Crippen LogP contribution in [0.5, 0.6) is 0 Å². The van der Waals surface area contributed by atoms with E-state index in [2.05, 4.69) is 6.92 Å². The van der Waals surface area contributed by atoms with Crippen molar-refractivity contribution in [1.29, 1.82) is 0 Å². The van der Waals surface area contributed by atoms with Crippen LogP contribution in [0.25, 0.3) is 0 Å². The van der Waals surface area contributed by atoms with Gasteiger partial charge < -0.3 is 5.11 Å². The zero-order valence-electron chi connectivity index (χ0n) is 6.34. The van der Waals surface area contributed by atoms with Gasteiger partial charge >= 0.3 is 0 Å². The van der Waals surface area contributed by atoms with Gasteiger partial charge in [0.25, 0.3) is 0 Å². The first-order valence-electron chi connectivity index (χ1n) is 3.35. The first-order valence-corrected chi connectivity index (χ1v) is 4.90. The summed E-state index contributed by atoms with van der Waals surface area (Å²) in [5.74, 6) is 0. The maximum absolute atomic E-state index is 11.2. The quantitative estimate of drug-likeness (QED) is 0.734. The molecule has 0 aliphatic carbocycles. The van der Waals surface area contributed by atoms with Crippen LogP contribution in [0.3, 0.4) is 0 Å². The molecule has 0 aliphatic rings. The summed E-state index contributed by atoms with van der Waals surface area (Å²) in [7, 11) is -3.63. The first-order chi connectivity index (χ1) is 5.55. The largest absolute Gasteiger partial charge is 0.377 e. The van der Waals surface area contributed by atoms with Crippen molar-refractivity contribution in [3.63, 3.8) is 0 Å². The normalized spacial score (nSPS) is 14.2. The standard InChI is InChI=1S/C8H9O3S/c1-7(9)12(10,11)8-5-3-2-4-6-8/h2-7,9H,1H2. The highest BCUT2D eigenvalue weighted by atomic mass is 32.2. The number of aliphatic hydroxyl groups is 1. The van der Waals surface area contributed by atoms with E-state index >= 15 is 0 Å². The molecule has 0 bridgehead atoms. The summed E-state index contributed by atoms with van der Waals surface area (Å²) in [5, 5.41) is 8.83. The van der Waals surface area contributed by atoms with Crippen molar-refractivity contribution >= 4 is 9.84 Å². The van der Waals surface area contributed by atoms with E-state index in [1.54, 1.807) is 18.2 Å². The van der Waals surface area contributed by atoms with Crippen LogP contribution in [-0.2, 0) is 9.84 Å². The van der Waals surface area contributed by atoms with Gasteiger partial charge in [-0.05, 0) is 19.1 Å². The number of hydrogen-bond donors (Lipinski definition) is 1. The molecule has 0 saturated carbocycles. The zero-order chi connectivity index (χ0) is 9.19. The molecular weight excluding hydrogens is 176 g/mol. The van der Waals surface area contributed by atoms with Crippen LogP contribution in [0.15, 0.2) is 35.2 Å². The maximum Gasteiger partial charge on any atom is 0.204 e. The molecule has 12 heavy (non-hydrogen) atoms. The van der Waals surface area contributed by atoms with E-state index in [9.17, 15) is 8.42 Å². The lowest BCUT2D eigenvalue weighted by Crippen LogP contribution is -2.16. The van der Waals surface area contributed by atoms with Crippen LogP contribution >= 0.6 is 0 Å². The number of aliphatic hydroxyl groups excluding tert-OH is 1. The van der Waals surface area contributed by atoms with E-state index in [0.717, 1.165) is 0 Å². The van der Waals surface area contributed by atoms with Gasteiger partial charge in [0.1, 0.15) is 0 Å². The molecule has 0 saturated heterocycles. The Morgan fingerprint density at radius 3 is 2.17 bits per heavy atom. The van der Waals surface area contributed by atoms with Crippen molar-refractivity contribution in [1.82, 2.24) is 0 Å². The van der Waals surface area contributed by atoms with Gasteiger partial charge in [-0.1, -0.05) is 18.2 Å². The Kier molecular flexibility index (Phi) is 2.49. The summed E-state index contributed by atoms with van der Waals surface area (Å²) in [6, 6.07) is 7.73. The van der Waals surface area contributed by atoms with Crippen LogP contribution < -0.4 is 0 Å². The number of benzene rings is 1. The molecule has 1 aromatic carbocycles. The minimum Gasteiger partial charge on any atom is -0.377 e. The van der Waals surface area contributed by atoms with Crippen molar-refractivity contribution in [2.75, 3.05) is 0 Å². The third-order valence-electron chi connectivity index (χ3n) is 1.43. The molecule has 1 unspecified atom stereocenters. The molecule has 0 spiro atoms. The van der Waals surface area contributed by atoms with Crippen molar-refractivity contribution < 1.29 is 13.5 Å². The molecule has 1 radical (unpaired) electrons. The molecule has 1 atom stereocenters. The summed E-state index contributed by atoms with van der Waals surface area (Å²) in [6.07, 6.45) is 0. The predicted molar refractivity (Wildman–Crippen MR) is 45.0 cm³/mol. The second kappa shape index (κ2) is 3.25. The zero-order valence-corrected chi connectivity index (χ0v) is 7.16. The van der Waals surface area contributed by atoms with Crippen molar-refractivity contribution in [2.45, 2.75) is 10.3 Å². The fourth-order valence-electron chi connectivity index (χ4n) is 0.767. The van der Waals surface area contributed by atoms with Crippen LogP contribution in [0, 0.1) is 6.92 Å². The van der Waals surface area contributed by atoms with Gasteiger partial charge in [-0.15, -0.1) is 0 Å². The second-order valence-corrected chi connectivity index (χ2v) is 4.42. The molecule has 0 fully saturated rings. The molecule has 65 valence electrons. The molecular formula is C8H9O3S. The van der Waals surface area contributed by atoms with Gasteiger partial charge in [0.2, 0.25) is 9.84 Å². The molecule has 0 amide bonds. The van der Waals surface area contributed by atoms with E-state index in [1.807, 2.05) is 0 Å². The summed E-state index contributed by atoms with van der Waals surface area (Å²) < 4.78 is 22.4. The molecule has 0 heterocycles. The average molecular weight is 185 g/mol. The topological polar surface area (TPSA) is 54.4 Å². The highest BCUT2D eigenvalue weighted by Crippen LogP contribution is 2.12. The highest BCUT2D eigenvalue weighted by molar-refractivity contribution is 7.92. The minimum atomic E-state index is -3.63. The molecule has 0 aliphatic heterocycles. The molecule has 1 N–H and O–H groups in total. The number of sulfone groups is 1. The summed E-state index contributed by atoms with van der Waals surface area (Å²) in [5.41, 5.74) is -1.60. The van der Waals surface area contributed by atoms with Crippen LogP contribution in [-0.4, -0.2) is 19.0 Å². The minimum absolute atomic E-state index is 0.0903. The van der Waals surface area contributed by atoms with Gasteiger partial charge in [0.05, 0.1) is 4.90 Å². The van der Waals surface area contributed by atoms with Gasteiger partial charge in [0, 0.05) is 0 Å². The lowest BCUT2D eigenvalue weighted by molar-refractivity contribution is 0.292. The number of hydrogen-bond acceptors (Lipinski definition) is 3. The molecule has 0 aromatic heterocycles. The Bertz CT molecular complexity index is 340. The molecule has 3 nitrogen and oxygen atoms in total. The highest BCUT2D eigenvalue weighted by Gasteiger charge is 2.19. The first kappa shape index (κ1) is 9.22. The molecule has 4 heteroatoms. The summed E-state index contributed by atoms with van der Waals surface area (Å²) >= 11 is 0. The molecule has 1 aromatic rings. The van der Waals surface area contributed by atoms with Crippen LogP contribution in [0.1, 0.15) is 0 Å². The van der Waals surface area contributed by atoms with Crippen LogP contribution in [0.2, 0.25) is 0 Å². The van der Waals surface area contributed by atoms with E-state index < -0.39 is 15.3 Å². The third-order valence-corrected chi connectivity index (χ3v) is 3.08. The van der Waals surface area contributed by atoms with E-state index in [1.165, 1.54) is 12.1 Å². The number of rotatable bonds is 2. The lowest BCUT2D eigenvalue weighted by atomic mass is 10.4. The maximum atomic E-state index is 11.2. The van der Waals surface area contributed by atoms with E-state index in [4.69, 9.17) is 5.11 Å². The summed E-state index contributed by atoms with van der Waals surface area (Å²) in [4.78, 5) is 0.0903. The Morgan fingerprint density at radius 2 is 1.75 bits per heavy atom. The third kappa shape index (κ3) is 1.65. The van der Waals surface area contributed by atoms with Gasteiger partial charge in [-0.25, -0.2) is 8.42 Å². The Hall–Kier alpha value is -0.870. The van der Waals surface area contributed by atoms with Gasteiger partial charge in [0.15, 0.2) is 5.44 Å². The smallest absolute Gasteiger partial charge is 0.204 e. The van der Waals surface area contributed by atoms with Crippen molar-refractivity contribution in [3.8, 4) is 0 Å². The molecule has 1 rings (SSSR count). The lowest BCUT2D eigenvalue weighted by Gasteiger charge is -2.05. The predicted octanol–water partition coefficient (Wildman–Crippen LogP) is 0.613. The van der Waals surface area contributed by atoms with Crippen molar-refractivity contribution in [2.24, 2.45) is 0 Å². The monoisotopic (exact) mass is 185 g/mol. The van der Waals surface area contributed by atoms with Crippen molar-refractivity contribution in [3.05, 3.63) is 37.3 Å². The van der Waals surface area contributed by atoms with Crippen LogP contribution in [0.4, 0.5) is 0 Å². The second-order valence-electron chi connectivity index (χ2n) is 2.31. The Labute approximate surface area is 71.6 Å². The Balaban J connectivity index is 3.17. The summed E-state index contributed by atoms with van der Waals surface area (Å²) in [6.45, 7) is 3.05. The van der Waals surface area contributed by atoms with E-state index in [0.29, 0.717) is 0 Å². The average Bonchev–Trinajstić information content (AvgIpc) is 2.06. The van der Waals surface area contributed by atoms with Gasteiger partial charge in [-0.3, -0.25) is 0 Å². The van der Waals surface area contributed by atoms with E-state index in [-0.39, 0.29) is 4.90 Å². The fourth-order valence-corrected chi connectivity index (χ4v) is 1.62. The SMILES string of the molecule is [CH2]C(O)S(=O)(=O)c1ccccc1. The Morgan fingerprint density at radius 1 is 1.25 bits per heavy atom. The van der Waals surface area contributed by atoms with Gasteiger partial charge in [-0.2, -0.15) is 0 Å². The fraction of sp³-hybridized carbons (Fsp3) is 0.125.